The van der Waals surface area contributed by atoms with Gasteiger partial charge >= 0.3 is 0 Å². The normalized spacial score (nSPS) is 12.4. The minimum atomic E-state index is -0.0600. The van der Waals surface area contributed by atoms with E-state index in [4.69, 9.17) is 5.11 Å². The molecule has 2 aromatic rings. The third-order valence-corrected chi connectivity index (χ3v) is 4.33. The fourth-order valence-electron chi connectivity index (χ4n) is 2.14. The molecule has 118 valence electrons. The van der Waals surface area contributed by atoms with Crippen molar-refractivity contribution in [1.82, 2.24) is 15.3 Å². The third kappa shape index (κ3) is 4.61. The topological polar surface area (TPSA) is 75.1 Å². The second kappa shape index (κ2) is 8.00. The Kier molecular flexibility index (Phi) is 6.03. The van der Waals surface area contributed by atoms with E-state index in [1.54, 1.807) is 12.4 Å². The summed E-state index contributed by atoms with van der Waals surface area (Å²) in [5.74, 6) is 0.229. The van der Waals surface area contributed by atoms with Gasteiger partial charge in [-0.3, -0.25) is 9.78 Å². The Morgan fingerprint density at radius 2 is 2.27 bits per heavy atom. The molecule has 0 aliphatic rings. The molecule has 0 aliphatic carbocycles. The molecule has 1 unspecified atom stereocenters. The molecule has 0 fully saturated rings. The van der Waals surface area contributed by atoms with Gasteiger partial charge in [0.25, 0.3) is 0 Å². The van der Waals surface area contributed by atoms with Crippen molar-refractivity contribution in [3.63, 3.8) is 0 Å². The highest BCUT2D eigenvalue weighted by Crippen LogP contribution is 2.22. The highest BCUT2D eigenvalue weighted by Gasteiger charge is 2.16. The quantitative estimate of drug-likeness (QED) is 0.821. The molecule has 6 heteroatoms. The third-order valence-electron chi connectivity index (χ3n) is 3.39. The van der Waals surface area contributed by atoms with Crippen LogP contribution in [0.5, 0.6) is 0 Å². The number of hydrogen-bond donors (Lipinski definition) is 2. The fourth-order valence-corrected chi connectivity index (χ4v) is 2.95. The smallest absolute Gasteiger partial charge is 0.226 e. The molecule has 0 aliphatic heterocycles. The van der Waals surface area contributed by atoms with E-state index in [0.717, 1.165) is 16.3 Å². The average molecular weight is 319 g/mol. The second-order valence-corrected chi connectivity index (χ2v) is 6.35. The lowest BCUT2D eigenvalue weighted by atomic mass is 10.0. The highest BCUT2D eigenvalue weighted by atomic mass is 32.1. The van der Waals surface area contributed by atoms with Gasteiger partial charge in [0.15, 0.2) is 0 Å². The second-order valence-electron chi connectivity index (χ2n) is 5.49. The van der Waals surface area contributed by atoms with E-state index in [-0.39, 0.29) is 30.9 Å². The molecule has 2 heterocycles. The molecule has 0 spiro atoms. The molecule has 1 atom stereocenters. The van der Waals surface area contributed by atoms with E-state index in [9.17, 15) is 4.79 Å². The van der Waals surface area contributed by atoms with Crippen LogP contribution in [-0.4, -0.2) is 33.6 Å². The van der Waals surface area contributed by atoms with Crippen molar-refractivity contribution in [3.8, 4) is 10.6 Å². The maximum atomic E-state index is 12.1. The number of pyridine rings is 1. The number of hydrogen-bond acceptors (Lipinski definition) is 5. The van der Waals surface area contributed by atoms with Gasteiger partial charge in [-0.1, -0.05) is 13.8 Å². The molecular weight excluding hydrogens is 298 g/mol. The van der Waals surface area contributed by atoms with Crippen molar-refractivity contribution in [3.05, 3.63) is 35.6 Å². The Labute approximate surface area is 134 Å². The molecular formula is C16H21N3O2S. The van der Waals surface area contributed by atoms with Crippen molar-refractivity contribution < 1.29 is 9.90 Å². The minimum Gasteiger partial charge on any atom is -0.396 e. The summed E-state index contributed by atoms with van der Waals surface area (Å²) in [6, 6.07) is 3.81. The summed E-state index contributed by atoms with van der Waals surface area (Å²) in [7, 11) is 0. The van der Waals surface area contributed by atoms with E-state index in [0.29, 0.717) is 6.42 Å². The molecule has 0 radical (unpaired) electrons. The summed E-state index contributed by atoms with van der Waals surface area (Å²) in [6.45, 7) is 4.14. The first-order valence-corrected chi connectivity index (χ1v) is 8.23. The summed E-state index contributed by atoms with van der Waals surface area (Å²) in [6.07, 6.45) is 4.31. The van der Waals surface area contributed by atoms with Crippen LogP contribution in [0.2, 0.25) is 0 Å². The molecule has 5 nitrogen and oxygen atoms in total. The number of aliphatic hydroxyl groups is 1. The van der Waals surface area contributed by atoms with Crippen molar-refractivity contribution in [2.75, 3.05) is 6.61 Å². The summed E-state index contributed by atoms with van der Waals surface area (Å²) in [5, 5.41) is 14.8. The van der Waals surface area contributed by atoms with Gasteiger partial charge in [-0.25, -0.2) is 4.98 Å². The number of rotatable bonds is 7. The monoisotopic (exact) mass is 319 g/mol. The van der Waals surface area contributed by atoms with Crippen LogP contribution in [0.1, 0.15) is 26.0 Å². The van der Waals surface area contributed by atoms with E-state index in [1.807, 2.05) is 31.4 Å². The summed E-state index contributed by atoms with van der Waals surface area (Å²) in [5.41, 5.74) is 1.72. The zero-order valence-electron chi connectivity index (χ0n) is 12.8. The molecule has 2 N–H and O–H groups in total. The van der Waals surface area contributed by atoms with Crippen molar-refractivity contribution in [2.24, 2.45) is 5.92 Å². The molecule has 22 heavy (non-hydrogen) atoms. The van der Waals surface area contributed by atoms with Crippen LogP contribution in [0, 0.1) is 5.92 Å². The summed E-state index contributed by atoms with van der Waals surface area (Å²) in [4.78, 5) is 20.7. The van der Waals surface area contributed by atoms with E-state index >= 15 is 0 Å². The Morgan fingerprint density at radius 3 is 2.91 bits per heavy atom. The van der Waals surface area contributed by atoms with Gasteiger partial charge in [-0.2, -0.15) is 0 Å². The van der Waals surface area contributed by atoms with Crippen molar-refractivity contribution >= 4 is 17.2 Å². The molecule has 0 aromatic carbocycles. The van der Waals surface area contributed by atoms with Crippen LogP contribution in [0.15, 0.2) is 29.9 Å². The average Bonchev–Trinajstić information content (AvgIpc) is 2.96. The Balaban J connectivity index is 1.96. The number of carbonyl (C=O) groups excluding carboxylic acids is 1. The highest BCUT2D eigenvalue weighted by molar-refractivity contribution is 7.13. The van der Waals surface area contributed by atoms with Gasteiger partial charge < -0.3 is 10.4 Å². The molecule has 1 amide bonds. The first kappa shape index (κ1) is 16.6. The standard InChI is InChI=1S/C16H21N3O2S/c1-11(2)14(5-7-20)19-15(21)8-13-10-22-16(18-13)12-4-3-6-17-9-12/h3-4,6,9-11,14,20H,5,7-8H2,1-2H3,(H,19,21). The first-order chi connectivity index (χ1) is 10.6. The van der Waals surface area contributed by atoms with Crippen LogP contribution in [0.4, 0.5) is 0 Å². The molecule has 0 saturated heterocycles. The SMILES string of the molecule is CC(C)C(CCO)NC(=O)Cc1csc(-c2cccnc2)n1. The predicted molar refractivity (Wildman–Crippen MR) is 87.5 cm³/mol. The fraction of sp³-hybridized carbons (Fsp3) is 0.438. The molecule has 0 saturated carbocycles. The molecule has 2 aromatic heterocycles. The first-order valence-electron chi connectivity index (χ1n) is 7.35. The van der Waals surface area contributed by atoms with E-state index in [1.165, 1.54) is 11.3 Å². The predicted octanol–water partition coefficient (Wildman–Crippen LogP) is 2.27. The number of carbonyl (C=O) groups is 1. The number of thiazole rings is 1. The minimum absolute atomic E-state index is 0.00562. The maximum Gasteiger partial charge on any atom is 0.226 e. The van der Waals surface area contributed by atoms with Gasteiger partial charge in [0, 0.05) is 36.0 Å². The van der Waals surface area contributed by atoms with Crippen LogP contribution in [0.3, 0.4) is 0 Å². The van der Waals surface area contributed by atoms with Crippen molar-refractivity contribution in [1.29, 1.82) is 0 Å². The Morgan fingerprint density at radius 1 is 1.45 bits per heavy atom. The zero-order valence-corrected chi connectivity index (χ0v) is 13.6. The lowest BCUT2D eigenvalue weighted by molar-refractivity contribution is -0.121. The number of nitrogens with one attached hydrogen (secondary N) is 1. The Bertz CT molecular complexity index is 598. The van der Waals surface area contributed by atoms with Gasteiger partial charge in [0.2, 0.25) is 5.91 Å². The van der Waals surface area contributed by atoms with E-state index < -0.39 is 0 Å². The summed E-state index contributed by atoms with van der Waals surface area (Å²) >= 11 is 1.51. The van der Waals surface area contributed by atoms with Crippen molar-refractivity contribution in [2.45, 2.75) is 32.7 Å². The summed E-state index contributed by atoms with van der Waals surface area (Å²) < 4.78 is 0. The van der Waals surface area contributed by atoms with Crippen LogP contribution in [0.25, 0.3) is 10.6 Å². The zero-order chi connectivity index (χ0) is 15.9. The van der Waals surface area contributed by atoms with E-state index in [2.05, 4.69) is 15.3 Å². The number of nitrogens with zero attached hydrogens (tertiary/aromatic N) is 2. The number of aromatic nitrogens is 2. The van der Waals surface area contributed by atoms with Gasteiger partial charge in [-0.05, 0) is 24.5 Å². The lowest BCUT2D eigenvalue weighted by Gasteiger charge is -2.21. The Hall–Kier alpha value is -1.79. The number of aliphatic hydroxyl groups excluding tert-OH is 1. The van der Waals surface area contributed by atoms with Gasteiger partial charge in [-0.15, -0.1) is 11.3 Å². The molecule has 2 rings (SSSR count). The largest absolute Gasteiger partial charge is 0.396 e. The maximum absolute atomic E-state index is 12.1. The van der Waals surface area contributed by atoms with Gasteiger partial charge in [0.05, 0.1) is 12.1 Å². The number of amides is 1. The lowest BCUT2D eigenvalue weighted by Crippen LogP contribution is -2.40. The van der Waals surface area contributed by atoms with Crippen LogP contribution in [-0.2, 0) is 11.2 Å². The molecule has 0 bridgehead atoms. The van der Waals surface area contributed by atoms with Crippen LogP contribution >= 0.6 is 11.3 Å². The van der Waals surface area contributed by atoms with Gasteiger partial charge in [0.1, 0.15) is 5.01 Å². The van der Waals surface area contributed by atoms with Crippen LogP contribution < -0.4 is 5.32 Å².